The first-order valence-electron chi connectivity index (χ1n) is 9.69. The van der Waals surface area contributed by atoms with Crippen LogP contribution in [0.5, 0.6) is 0 Å². The van der Waals surface area contributed by atoms with Crippen molar-refractivity contribution in [2.75, 3.05) is 31.6 Å². The number of rotatable bonds is 4. The van der Waals surface area contributed by atoms with Gasteiger partial charge in [-0.1, -0.05) is 29.8 Å². The number of benzene rings is 2. The molecule has 1 saturated heterocycles. The highest BCUT2D eigenvalue weighted by molar-refractivity contribution is 6.31. The standard InChI is InChI=1S/C22H19ClF3N3O2/c23-15-5-6-19-16(11-15)20(17(13-27-19)21(30)29-7-9-31-10-8-29)28-12-14-3-1-2-4-18(14)22(24,25)26/h1-6,11,13H,7-10,12H2,(H,27,28). The number of hydrogen-bond donors (Lipinski definition) is 1. The molecule has 1 aliphatic rings. The number of ether oxygens (including phenoxy) is 1. The van der Waals surface area contributed by atoms with Gasteiger partial charge in [0.15, 0.2) is 0 Å². The van der Waals surface area contributed by atoms with E-state index in [2.05, 4.69) is 10.3 Å². The maximum atomic E-state index is 13.4. The van der Waals surface area contributed by atoms with E-state index in [1.165, 1.54) is 18.3 Å². The molecular weight excluding hydrogens is 431 g/mol. The van der Waals surface area contributed by atoms with Crippen LogP contribution in [-0.4, -0.2) is 42.1 Å². The van der Waals surface area contributed by atoms with E-state index in [-0.39, 0.29) is 23.6 Å². The molecule has 0 radical (unpaired) electrons. The largest absolute Gasteiger partial charge is 0.416 e. The second-order valence-electron chi connectivity index (χ2n) is 7.12. The first-order chi connectivity index (χ1) is 14.8. The van der Waals surface area contributed by atoms with Gasteiger partial charge in [-0.05, 0) is 29.8 Å². The van der Waals surface area contributed by atoms with E-state index in [1.807, 2.05) is 0 Å². The average Bonchev–Trinajstić information content (AvgIpc) is 2.77. The van der Waals surface area contributed by atoms with Crippen LogP contribution in [0.25, 0.3) is 10.9 Å². The van der Waals surface area contributed by atoms with Crippen LogP contribution in [0, 0.1) is 0 Å². The number of amides is 1. The summed E-state index contributed by atoms with van der Waals surface area (Å²) in [4.78, 5) is 19.2. The minimum absolute atomic E-state index is 0.0757. The molecule has 0 atom stereocenters. The van der Waals surface area contributed by atoms with Crippen molar-refractivity contribution in [3.8, 4) is 0 Å². The number of pyridine rings is 1. The summed E-state index contributed by atoms with van der Waals surface area (Å²) in [7, 11) is 0. The molecule has 3 aromatic rings. The van der Waals surface area contributed by atoms with Gasteiger partial charge in [0.05, 0.1) is 35.5 Å². The average molecular weight is 450 g/mol. The fourth-order valence-electron chi connectivity index (χ4n) is 3.59. The highest BCUT2D eigenvalue weighted by Crippen LogP contribution is 2.34. The third-order valence-corrected chi connectivity index (χ3v) is 5.37. The zero-order valence-corrected chi connectivity index (χ0v) is 17.1. The summed E-state index contributed by atoms with van der Waals surface area (Å²) < 4.78 is 45.5. The number of fused-ring (bicyclic) bond motifs is 1. The Morgan fingerprint density at radius 2 is 1.90 bits per heavy atom. The van der Waals surface area contributed by atoms with Gasteiger partial charge in [0.2, 0.25) is 0 Å². The molecule has 2 heterocycles. The Kier molecular flexibility index (Phi) is 6.02. The number of morpholine rings is 1. The second kappa shape index (κ2) is 8.72. The van der Waals surface area contributed by atoms with Crippen LogP contribution in [0.2, 0.25) is 5.02 Å². The van der Waals surface area contributed by atoms with E-state index in [9.17, 15) is 18.0 Å². The minimum atomic E-state index is -4.48. The lowest BCUT2D eigenvalue weighted by atomic mass is 10.0. The normalized spacial score (nSPS) is 14.6. The second-order valence-corrected chi connectivity index (χ2v) is 7.56. The van der Waals surface area contributed by atoms with Gasteiger partial charge in [-0.15, -0.1) is 0 Å². The number of anilines is 1. The van der Waals surface area contributed by atoms with Crippen molar-refractivity contribution < 1.29 is 22.7 Å². The predicted octanol–water partition coefficient (Wildman–Crippen LogP) is 4.99. The van der Waals surface area contributed by atoms with Crippen LogP contribution >= 0.6 is 11.6 Å². The summed E-state index contributed by atoms with van der Waals surface area (Å²) in [5.41, 5.74) is 0.614. The minimum Gasteiger partial charge on any atom is -0.380 e. The third kappa shape index (κ3) is 4.60. The van der Waals surface area contributed by atoms with Gasteiger partial charge in [-0.3, -0.25) is 9.78 Å². The fourth-order valence-corrected chi connectivity index (χ4v) is 3.76. The summed E-state index contributed by atoms with van der Waals surface area (Å²) in [6.45, 7) is 1.61. The fraction of sp³-hybridized carbons (Fsp3) is 0.273. The van der Waals surface area contributed by atoms with Gasteiger partial charge in [0, 0.05) is 36.2 Å². The van der Waals surface area contributed by atoms with E-state index >= 15 is 0 Å². The zero-order valence-electron chi connectivity index (χ0n) is 16.4. The van der Waals surface area contributed by atoms with E-state index in [0.29, 0.717) is 47.9 Å². The molecule has 0 aliphatic carbocycles. The summed E-state index contributed by atoms with van der Waals surface area (Å²) in [5, 5.41) is 4.05. The summed E-state index contributed by atoms with van der Waals surface area (Å²) >= 11 is 6.16. The Morgan fingerprint density at radius 3 is 2.65 bits per heavy atom. The van der Waals surface area contributed by atoms with Crippen molar-refractivity contribution in [2.24, 2.45) is 0 Å². The number of hydrogen-bond acceptors (Lipinski definition) is 4. The van der Waals surface area contributed by atoms with Crippen LogP contribution in [0.15, 0.2) is 48.7 Å². The zero-order chi connectivity index (χ0) is 22.0. The van der Waals surface area contributed by atoms with E-state index in [0.717, 1.165) is 6.07 Å². The number of alkyl halides is 3. The van der Waals surface area contributed by atoms with Crippen molar-refractivity contribution in [1.29, 1.82) is 0 Å². The van der Waals surface area contributed by atoms with Crippen LogP contribution < -0.4 is 5.32 Å². The molecular formula is C22H19ClF3N3O2. The van der Waals surface area contributed by atoms with Crippen molar-refractivity contribution in [3.05, 3.63) is 70.4 Å². The molecule has 0 bridgehead atoms. The van der Waals surface area contributed by atoms with Gasteiger partial charge < -0.3 is 15.0 Å². The highest BCUT2D eigenvalue weighted by atomic mass is 35.5. The summed E-state index contributed by atoms with van der Waals surface area (Å²) in [6, 6.07) is 10.4. The van der Waals surface area contributed by atoms with Crippen LogP contribution in [-0.2, 0) is 17.5 Å². The molecule has 4 rings (SSSR count). The van der Waals surface area contributed by atoms with Gasteiger partial charge in [0.25, 0.3) is 5.91 Å². The number of aromatic nitrogens is 1. The predicted molar refractivity (Wildman–Crippen MR) is 112 cm³/mol. The van der Waals surface area contributed by atoms with E-state index < -0.39 is 11.7 Å². The summed E-state index contributed by atoms with van der Waals surface area (Å²) in [6.07, 6.45) is -3.03. The molecule has 0 saturated carbocycles. The molecule has 9 heteroatoms. The SMILES string of the molecule is O=C(c1cnc2ccc(Cl)cc2c1NCc1ccccc1C(F)(F)F)N1CCOCC1. The van der Waals surface area contributed by atoms with Gasteiger partial charge in [0.1, 0.15) is 0 Å². The molecule has 1 amide bonds. The Balaban J connectivity index is 1.75. The lowest BCUT2D eigenvalue weighted by Crippen LogP contribution is -2.41. The maximum Gasteiger partial charge on any atom is 0.416 e. The lowest BCUT2D eigenvalue weighted by molar-refractivity contribution is -0.138. The first kappa shape index (κ1) is 21.4. The van der Waals surface area contributed by atoms with Crippen LogP contribution in [0.1, 0.15) is 21.5 Å². The number of nitrogens with zero attached hydrogens (tertiary/aromatic N) is 2. The Morgan fingerprint density at radius 1 is 1.16 bits per heavy atom. The first-order valence-corrected chi connectivity index (χ1v) is 10.1. The van der Waals surface area contributed by atoms with E-state index in [1.54, 1.807) is 29.2 Å². The van der Waals surface area contributed by atoms with Gasteiger partial charge in [-0.2, -0.15) is 13.2 Å². The smallest absolute Gasteiger partial charge is 0.380 e. The Labute approximate surface area is 181 Å². The molecule has 1 N–H and O–H groups in total. The Hall–Kier alpha value is -2.84. The molecule has 2 aromatic carbocycles. The highest BCUT2D eigenvalue weighted by Gasteiger charge is 2.33. The topological polar surface area (TPSA) is 54.5 Å². The van der Waals surface area contributed by atoms with E-state index in [4.69, 9.17) is 16.3 Å². The van der Waals surface area contributed by atoms with Gasteiger partial charge >= 0.3 is 6.18 Å². The van der Waals surface area contributed by atoms with Crippen LogP contribution in [0.4, 0.5) is 18.9 Å². The molecule has 1 aliphatic heterocycles. The molecule has 162 valence electrons. The molecule has 1 aromatic heterocycles. The van der Waals surface area contributed by atoms with Crippen molar-refractivity contribution >= 4 is 34.1 Å². The van der Waals surface area contributed by atoms with Crippen molar-refractivity contribution in [1.82, 2.24) is 9.88 Å². The van der Waals surface area contributed by atoms with Crippen molar-refractivity contribution in [3.63, 3.8) is 0 Å². The Bertz CT molecular complexity index is 1110. The molecule has 5 nitrogen and oxygen atoms in total. The van der Waals surface area contributed by atoms with Crippen molar-refractivity contribution in [2.45, 2.75) is 12.7 Å². The molecule has 31 heavy (non-hydrogen) atoms. The number of nitrogens with one attached hydrogen (secondary N) is 1. The lowest BCUT2D eigenvalue weighted by Gasteiger charge is -2.28. The number of carbonyl (C=O) groups excluding carboxylic acids is 1. The van der Waals surface area contributed by atoms with Gasteiger partial charge in [-0.25, -0.2) is 0 Å². The number of carbonyl (C=O) groups is 1. The maximum absolute atomic E-state index is 13.4. The molecule has 0 spiro atoms. The molecule has 1 fully saturated rings. The monoisotopic (exact) mass is 449 g/mol. The third-order valence-electron chi connectivity index (χ3n) is 5.14. The number of halogens is 4. The quantitative estimate of drug-likeness (QED) is 0.609. The van der Waals surface area contributed by atoms with Crippen LogP contribution in [0.3, 0.4) is 0 Å². The molecule has 0 unspecified atom stereocenters. The summed E-state index contributed by atoms with van der Waals surface area (Å²) in [5.74, 6) is -0.260.